The fraction of sp³-hybridized carbons (Fsp3) is 0.571. The molecular weight excluding hydrogens is 340 g/mol. The zero-order chi connectivity index (χ0) is 19.5. The zero-order valence-electron chi connectivity index (χ0n) is 17.1. The molecule has 0 bridgehead atoms. The van der Waals surface area contributed by atoms with E-state index in [1.165, 1.54) is 0 Å². The van der Waals surface area contributed by atoms with E-state index >= 15 is 0 Å². The van der Waals surface area contributed by atoms with Gasteiger partial charge in [-0.05, 0) is 43.6 Å². The van der Waals surface area contributed by atoms with Crippen LogP contribution in [0.5, 0.6) is 11.5 Å². The monoisotopic (exact) mass is 374 g/mol. The molecule has 1 aromatic carbocycles. The summed E-state index contributed by atoms with van der Waals surface area (Å²) in [5.74, 6) is 2.37. The summed E-state index contributed by atoms with van der Waals surface area (Å²) < 4.78 is 11.4. The molecule has 2 N–H and O–H groups in total. The second-order valence-electron chi connectivity index (χ2n) is 6.57. The summed E-state index contributed by atoms with van der Waals surface area (Å²) >= 11 is 0. The molecule has 0 saturated carbocycles. The molecule has 0 aliphatic heterocycles. The van der Waals surface area contributed by atoms with Crippen LogP contribution in [0.2, 0.25) is 0 Å². The van der Waals surface area contributed by atoms with Crippen LogP contribution in [0.1, 0.15) is 32.3 Å². The predicted octanol–water partition coefficient (Wildman–Crippen LogP) is 2.80. The van der Waals surface area contributed by atoms with Gasteiger partial charge in [0.2, 0.25) is 0 Å². The Morgan fingerprint density at radius 3 is 2.56 bits per heavy atom. The maximum Gasteiger partial charge on any atom is 0.191 e. The van der Waals surface area contributed by atoms with Gasteiger partial charge in [0.05, 0.1) is 7.11 Å². The minimum absolute atomic E-state index is 0.437. The normalized spacial score (nSPS) is 14.6. The predicted molar refractivity (Wildman–Crippen MR) is 112 cm³/mol. The van der Waals surface area contributed by atoms with Gasteiger partial charge in [0, 0.05) is 26.2 Å². The number of nitrogens with zero attached hydrogens (tertiary/aromatic N) is 2. The molecule has 1 aliphatic rings. The Hall–Kier alpha value is -2.21. The Kier molecular flexibility index (Phi) is 8.98. The molecule has 0 unspecified atom stereocenters. The topological polar surface area (TPSA) is 58.1 Å². The van der Waals surface area contributed by atoms with Crippen molar-refractivity contribution in [2.75, 3.05) is 40.4 Å². The Labute approximate surface area is 163 Å². The molecule has 0 fully saturated rings. The maximum absolute atomic E-state index is 5.92. The Morgan fingerprint density at radius 1 is 1.19 bits per heavy atom. The van der Waals surface area contributed by atoms with Crippen molar-refractivity contribution in [2.24, 2.45) is 4.99 Å². The summed E-state index contributed by atoms with van der Waals surface area (Å²) in [7, 11) is 3.47. The quantitative estimate of drug-likeness (QED) is 0.375. The van der Waals surface area contributed by atoms with E-state index in [0.717, 1.165) is 55.5 Å². The number of guanidine groups is 1. The van der Waals surface area contributed by atoms with Crippen LogP contribution in [0.25, 0.3) is 0 Å². The summed E-state index contributed by atoms with van der Waals surface area (Å²) in [6.45, 7) is 8.65. The first-order valence-electron chi connectivity index (χ1n) is 9.84. The van der Waals surface area contributed by atoms with Gasteiger partial charge in [-0.15, -0.1) is 0 Å². The van der Waals surface area contributed by atoms with E-state index in [4.69, 9.17) is 9.47 Å². The van der Waals surface area contributed by atoms with Gasteiger partial charge in [0.25, 0.3) is 0 Å². The largest absolute Gasteiger partial charge is 0.493 e. The number of nitrogens with one attached hydrogen (secondary N) is 2. The molecule has 0 atom stereocenters. The van der Waals surface area contributed by atoms with Crippen molar-refractivity contribution in [3.05, 3.63) is 35.9 Å². The Morgan fingerprint density at radius 2 is 1.93 bits per heavy atom. The number of benzene rings is 1. The fourth-order valence-electron chi connectivity index (χ4n) is 3.07. The summed E-state index contributed by atoms with van der Waals surface area (Å²) in [4.78, 5) is 6.64. The van der Waals surface area contributed by atoms with Crippen LogP contribution in [-0.4, -0.2) is 57.3 Å². The van der Waals surface area contributed by atoms with E-state index in [1.54, 1.807) is 14.2 Å². The van der Waals surface area contributed by atoms with Gasteiger partial charge in [-0.2, -0.15) is 0 Å². The summed E-state index contributed by atoms with van der Waals surface area (Å²) in [6, 6.07) is 6.50. The van der Waals surface area contributed by atoms with Crippen LogP contribution in [0.15, 0.2) is 35.3 Å². The van der Waals surface area contributed by atoms with Crippen LogP contribution in [0.3, 0.4) is 0 Å². The number of aliphatic imine (C=N–C) groups is 1. The standard InChI is InChI=1S/C21H34N4O2/c1-5-25(6-2)13-14-27-19-12-11-17(15-20(19)26-4)16-23-21(22-3)24-18-9-7-8-10-18/h7-8,11-12,15,18H,5-6,9-10,13-14,16H2,1-4H3,(H2,22,23,24). The lowest BCUT2D eigenvalue weighted by Crippen LogP contribution is -2.42. The third-order valence-corrected chi connectivity index (χ3v) is 4.82. The first-order chi connectivity index (χ1) is 13.2. The zero-order valence-corrected chi connectivity index (χ0v) is 17.1. The molecule has 0 saturated heterocycles. The van der Waals surface area contributed by atoms with E-state index in [1.807, 2.05) is 12.1 Å². The van der Waals surface area contributed by atoms with Crippen molar-refractivity contribution in [2.45, 2.75) is 39.3 Å². The Balaban J connectivity index is 1.86. The fourth-order valence-corrected chi connectivity index (χ4v) is 3.07. The van der Waals surface area contributed by atoms with Crippen molar-refractivity contribution < 1.29 is 9.47 Å². The maximum atomic E-state index is 5.92. The highest BCUT2D eigenvalue weighted by molar-refractivity contribution is 5.80. The van der Waals surface area contributed by atoms with E-state index in [-0.39, 0.29) is 0 Å². The molecule has 0 spiro atoms. The molecule has 1 aliphatic carbocycles. The molecule has 0 aromatic heterocycles. The lowest BCUT2D eigenvalue weighted by Gasteiger charge is -2.19. The summed E-state index contributed by atoms with van der Waals surface area (Å²) in [5.41, 5.74) is 1.12. The van der Waals surface area contributed by atoms with Crippen LogP contribution in [-0.2, 0) is 6.54 Å². The number of hydrogen-bond donors (Lipinski definition) is 2. The average Bonchev–Trinajstić information content (AvgIpc) is 3.22. The van der Waals surface area contributed by atoms with Gasteiger partial charge in [0.1, 0.15) is 6.61 Å². The van der Waals surface area contributed by atoms with Gasteiger partial charge in [0.15, 0.2) is 17.5 Å². The smallest absolute Gasteiger partial charge is 0.191 e. The van der Waals surface area contributed by atoms with Crippen molar-refractivity contribution in [1.82, 2.24) is 15.5 Å². The molecule has 0 radical (unpaired) electrons. The Bertz CT molecular complexity index is 619. The third kappa shape index (κ3) is 6.79. The second kappa shape index (κ2) is 11.5. The van der Waals surface area contributed by atoms with E-state index in [2.05, 4.69) is 52.6 Å². The van der Waals surface area contributed by atoms with Crippen LogP contribution in [0, 0.1) is 0 Å². The minimum Gasteiger partial charge on any atom is -0.493 e. The van der Waals surface area contributed by atoms with Crippen molar-refractivity contribution in [1.29, 1.82) is 0 Å². The average molecular weight is 375 g/mol. The van der Waals surface area contributed by atoms with Crippen LogP contribution >= 0.6 is 0 Å². The first-order valence-corrected chi connectivity index (χ1v) is 9.84. The summed E-state index contributed by atoms with van der Waals surface area (Å²) in [6.07, 6.45) is 6.51. The highest BCUT2D eigenvalue weighted by Gasteiger charge is 2.12. The number of hydrogen-bond acceptors (Lipinski definition) is 4. The highest BCUT2D eigenvalue weighted by atomic mass is 16.5. The van der Waals surface area contributed by atoms with E-state index in [9.17, 15) is 0 Å². The lowest BCUT2D eigenvalue weighted by molar-refractivity contribution is 0.217. The lowest BCUT2D eigenvalue weighted by atomic mass is 10.2. The molecule has 0 amide bonds. The molecule has 2 rings (SSSR count). The molecule has 0 heterocycles. The van der Waals surface area contributed by atoms with Gasteiger partial charge >= 0.3 is 0 Å². The molecule has 150 valence electrons. The van der Waals surface area contributed by atoms with Crippen molar-refractivity contribution >= 4 is 5.96 Å². The van der Waals surface area contributed by atoms with Gasteiger partial charge in [-0.25, -0.2) is 0 Å². The number of rotatable bonds is 10. The van der Waals surface area contributed by atoms with E-state index < -0.39 is 0 Å². The second-order valence-corrected chi connectivity index (χ2v) is 6.57. The van der Waals surface area contributed by atoms with Gasteiger partial charge < -0.3 is 25.0 Å². The number of methoxy groups -OCH3 is 1. The van der Waals surface area contributed by atoms with Crippen LogP contribution < -0.4 is 20.1 Å². The summed E-state index contributed by atoms with van der Waals surface area (Å²) in [5, 5.41) is 6.81. The molecule has 6 nitrogen and oxygen atoms in total. The minimum atomic E-state index is 0.437. The third-order valence-electron chi connectivity index (χ3n) is 4.82. The van der Waals surface area contributed by atoms with Gasteiger partial charge in [-0.3, -0.25) is 4.99 Å². The highest BCUT2D eigenvalue weighted by Crippen LogP contribution is 2.28. The molecule has 6 heteroatoms. The van der Waals surface area contributed by atoms with E-state index in [0.29, 0.717) is 19.2 Å². The number of ether oxygens (including phenoxy) is 2. The van der Waals surface area contributed by atoms with Crippen molar-refractivity contribution in [3.63, 3.8) is 0 Å². The molecule has 27 heavy (non-hydrogen) atoms. The van der Waals surface area contributed by atoms with Gasteiger partial charge in [-0.1, -0.05) is 32.1 Å². The first kappa shape index (κ1) is 21.1. The number of likely N-dealkylation sites (N-methyl/N-ethyl adjacent to an activating group) is 1. The molecular formula is C21H34N4O2. The van der Waals surface area contributed by atoms with Crippen molar-refractivity contribution in [3.8, 4) is 11.5 Å². The SMILES string of the molecule is CCN(CC)CCOc1ccc(CNC(=NC)NC2CC=CC2)cc1OC. The molecule has 1 aromatic rings. The van der Waals surface area contributed by atoms with Crippen LogP contribution in [0.4, 0.5) is 0 Å².